The zero-order valence-electron chi connectivity index (χ0n) is 8.75. The van der Waals surface area contributed by atoms with Crippen LogP contribution in [0.15, 0.2) is 10.2 Å². The molecule has 2 rings (SSSR count). The topological polar surface area (TPSA) is 18.5 Å². The highest BCUT2D eigenvalue weighted by Crippen LogP contribution is 2.46. The highest BCUT2D eigenvalue weighted by Gasteiger charge is 2.51. The summed E-state index contributed by atoms with van der Waals surface area (Å²) in [6.07, 6.45) is 5.89. The fraction of sp³-hybridized carbons (Fsp3) is 0.818. The molecule has 0 unspecified atom stereocenters. The molecule has 1 heterocycles. The van der Waals surface area contributed by atoms with Gasteiger partial charge in [-0.25, -0.2) is 0 Å². The third-order valence-corrected chi connectivity index (χ3v) is 3.62. The maximum absolute atomic E-state index is 6.09. The molecule has 80 valence electrons. The van der Waals surface area contributed by atoms with E-state index in [0.29, 0.717) is 5.92 Å². The Balaban J connectivity index is 2.16. The Labute approximate surface area is 99.2 Å². The summed E-state index contributed by atoms with van der Waals surface area (Å²) in [6, 6.07) is 0. The Hall–Kier alpha value is 0.390. The summed E-state index contributed by atoms with van der Waals surface area (Å²) in [4.78, 5) is 0. The average Bonchev–Trinajstić information content (AvgIpc) is 2.60. The molecule has 1 aliphatic carbocycles. The van der Waals surface area contributed by atoms with E-state index in [-0.39, 0.29) is 11.4 Å². The van der Waals surface area contributed by atoms with Gasteiger partial charge in [0.25, 0.3) is 0 Å². The minimum Gasteiger partial charge on any atom is -0.347 e. The lowest BCUT2D eigenvalue weighted by atomic mass is 9.92. The highest BCUT2D eigenvalue weighted by molar-refractivity contribution is 14.1. The Morgan fingerprint density at radius 2 is 2.21 bits per heavy atom. The lowest BCUT2D eigenvalue weighted by molar-refractivity contribution is -0.165. The average molecular weight is 308 g/mol. The quantitative estimate of drug-likeness (QED) is 0.692. The van der Waals surface area contributed by atoms with Crippen LogP contribution in [-0.4, -0.2) is 18.0 Å². The van der Waals surface area contributed by atoms with E-state index in [9.17, 15) is 0 Å². The van der Waals surface area contributed by atoms with Crippen molar-refractivity contribution in [2.24, 2.45) is 5.92 Å². The standard InChI is InChI=1S/C11H17IO2/c1-10(2)13-8-11(14-10)6-3-4-9(11)5-7-12/h5,7,9H,3-4,6,8H2,1-2H3/b7-5+/t9-,11+/m1/s1. The molecule has 0 aromatic carbocycles. The summed E-state index contributed by atoms with van der Waals surface area (Å²) in [5.41, 5.74) is -0.0226. The molecule has 3 heteroatoms. The summed E-state index contributed by atoms with van der Waals surface area (Å²) in [7, 11) is 0. The van der Waals surface area contributed by atoms with E-state index < -0.39 is 0 Å². The SMILES string of the molecule is CC1(C)OC[C@]2(CCC[C@@H]2/C=C/I)O1. The zero-order valence-corrected chi connectivity index (χ0v) is 10.9. The summed E-state index contributed by atoms with van der Waals surface area (Å²) in [6.45, 7) is 4.77. The van der Waals surface area contributed by atoms with Crippen molar-refractivity contribution in [2.45, 2.75) is 44.5 Å². The first-order chi connectivity index (χ1) is 6.58. The molecule has 2 aliphatic rings. The van der Waals surface area contributed by atoms with Gasteiger partial charge in [0.05, 0.1) is 6.61 Å². The van der Waals surface area contributed by atoms with Gasteiger partial charge >= 0.3 is 0 Å². The van der Waals surface area contributed by atoms with E-state index >= 15 is 0 Å². The number of halogens is 1. The molecular weight excluding hydrogens is 291 g/mol. The molecule has 0 aromatic heterocycles. The third kappa shape index (κ3) is 1.86. The molecule has 2 nitrogen and oxygen atoms in total. The summed E-state index contributed by atoms with van der Waals surface area (Å²) < 4.78 is 13.9. The van der Waals surface area contributed by atoms with E-state index in [4.69, 9.17) is 9.47 Å². The van der Waals surface area contributed by atoms with Crippen molar-refractivity contribution in [2.75, 3.05) is 6.61 Å². The van der Waals surface area contributed by atoms with Crippen LogP contribution in [0.1, 0.15) is 33.1 Å². The Morgan fingerprint density at radius 1 is 1.43 bits per heavy atom. The molecule has 14 heavy (non-hydrogen) atoms. The maximum atomic E-state index is 6.09. The second kappa shape index (κ2) is 3.76. The van der Waals surface area contributed by atoms with Gasteiger partial charge in [-0.15, -0.1) is 0 Å². The predicted molar refractivity (Wildman–Crippen MR) is 64.3 cm³/mol. The van der Waals surface area contributed by atoms with Crippen LogP contribution in [0.25, 0.3) is 0 Å². The number of ether oxygens (including phenoxy) is 2. The summed E-state index contributed by atoms with van der Waals surface area (Å²) in [5, 5.41) is 0. The lowest BCUT2D eigenvalue weighted by Gasteiger charge is -2.29. The van der Waals surface area contributed by atoms with Gasteiger partial charge in [0.1, 0.15) is 5.60 Å². The molecule has 2 atom stereocenters. The van der Waals surface area contributed by atoms with Crippen LogP contribution in [0.2, 0.25) is 0 Å². The van der Waals surface area contributed by atoms with Crippen LogP contribution in [-0.2, 0) is 9.47 Å². The normalized spacial score (nSPS) is 41.5. The first kappa shape index (κ1) is 10.9. The van der Waals surface area contributed by atoms with Crippen molar-refractivity contribution >= 4 is 22.6 Å². The fourth-order valence-electron chi connectivity index (χ4n) is 2.58. The molecule has 0 bridgehead atoms. The fourth-order valence-corrected chi connectivity index (χ4v) is 3.08. The summed E-state index contributed by atoms with van der Waals surface area (Å²) in [5.74, 6) is 0.156. The van der Waals surface area contributed by atoms with Gasteiger partial charge in [-0.3, -0.25) is 0 Å². The molecule has 0 N–H and O–H groups in total. The van der Waals surface area contributed by atoms with Crippen molar-refractivity contribution in [3.8, 4) is 0 Å². The van der Waals surface area contributed by atoms with Crippen molar-refractivity contribution in [3.05, 3.63) is 10.2 Å². The van der Waals surface area contributed by atoms with Crippen LogP contribution in [0, 0.1) is 5.92 Å². The van der Waals surface area contributed by atoms with Crippen LogP contribution < -0.4 is 0 Å². The van der Waals surface area contributed by atoms with Crippen LogP contribution >= 0.6 is 22.6 Å². The molecule has 0 amide bonds. The third-order valence-electron chi connectivity index (χ3n) is 3.21. The van der Waals surface area contributed by atoms with Crippen LogP contribution in [0.3, 0.4) is 0 Å². The number of hydrogen-bond donors (Lipinski definition) is 0. The minimum atomic E-state index is -0.387. The Kier molecular flexibility index (Phi) is 2.92. The second-order valence-electron chi connectivity index (χ2n) is 4.67. The van der Waals surface area contributed by atoms with E-state index in [0.717, 1.165) is 13.0 Å². The van der Waals surface area contributed by atoms with Crippen LogP contribution in [0.4, 0.5) is 0 Å². The molecule has 1 spiro atoms. The van der Waals surface area contributed by atoms with Gasteiger partial charge in [0.2, 0.25) is 0 Å². The molecule has 1 saturated heterocycles. The van der Waals surface area contributed by atoms with Gasteiger partial charge in [0.15, 0.2) is 5.79 Å². The smallest absolute Gasteiger partial charge is 0.163 e. The van der Waals surface area contributed by atoms with Gasteiger partial charge in [-0.2, -0.15) is 0 Å². The van der Waals surface area contributed by atoms with Gasteiger partial charge in [-0.05, 0) is 37.2 Å². The van der Waals surface area contributed by atoms with Crippen molar-refractivity contribution < 1.29 is 9.47 Å². The first-order valence-electron chi connectivity index (χ1n) is 5.19. The predicted octanol–water partition coefficient (Wildman–Crippen LogP) is 3.26. The summed E-state index contributed by atoms with van der Waals surface area (Å²) >= 11 is 2.28. The maximum Gasteiger partial charge on any atom is 0.163 e. The Morgan fingerprint density at radius 3 is 2.79 bits per heavy atom. The largest absolute Gasteiger partial charge is 0.347 e. The van der Waals surface area contributed by atoms with E-state index in [1.54, 1.807) is 0 Å². The number of hydrogen-bond acceptors (Lipinski definition) is 2. The molecule has 2 fully saturated rings. The molecule has 0 aromatic rings. The van der Waals surface area contributed by atoms with Crippen molar-refractivity contribution in [3.63, 3.8) is 0 Å². The molecule has 1 aliphatic heterocycles. The van der Waals surface area contributed by atoms with E-state index in [1.165, 1.54) is 12.8 Å². The molecule has 0 radical (unpaired) electrons. The lowest BCUT2D eigenvalue weighted by Crippen LogP contribution is -2.37. The van der Waals surface area contributed by atoms with Gasteiger partial charge in [-0.1, -0.05) is 28.7 Å². The zero-order chi connectivity index (χ0) is 10.2. The molecular formula is C11H17IO2. The molecule has 1 saturated carbocycles. The highest BCUT2D eigenvalue weighted by atomic mass is 127. The van der Waals surface area contributed by atoms with Crippen molar-refractivity contribution in [1.29, 1.82) is 0 Å². The second-order valence-corrected chi connectivity index (χ2v) is 5.39. The van der Waals surface area contributed by atoms with Crippen LogP contribution in [0.5, 0.6) is 0 Å². The Bertz CT molecular complexity index is 250. The van der Waals surface area contributed by atoms with Crippen molar-refractivity contribution in [1.82, 2.24) is 0 Å². The van der Waals surface area contributed by atoms with E-state index in [1.807, 2.05) is 13.8 Å². The minimum absolute atomic E-state index is 0.0226. The first-order valence-corrected chi connectivity index (χ1v) is 6.44. The number of rotatable bonds is 1. The van der Waals surface area contributed by atoms with Gasteiger partial charge < -0.3 is 9.47 Å². The van der Waals surface area contributed by atoms with Gasteiger partial charge in [0, 0.05) is 5.92 Å². The van der Waals surface area contributed by atoms with E-state index in [2.05, 4.69) is 32.7 Å². The monoisotopic (exact) mass is 308 g/mol.